The highest BCUT2D eigenvalue weighted by atomic mass is 16.5. The fraction of sp³-hybridized carbons (Fsp3) is 0.389. The summed E-state index contributed by atoms with van der Waals surface area (Å²) in [5, 5.41) is 4.00. The minimum atomic E-state index is -0.589. The summed E-state index contributed by atoms with van der Waals surface area (Å²) in [6.45, 7) is 7.12. The van der Waals surface area contributed by atoms with Gasteiger partial charge in [0, 0.05) is 6.07 Å². The molecule has 0 radical (unpaired) electrons. The largest absolute Gasteiger partial charge is 0.494 e. The second-order valence-corrected chi connectivity index (χ2v) is 6.64. The molecule has 0 aliphatic rings. The number of ether oxygens (including phenoxy) is 2. The van der Waals surface area contributed by atoms with Crippen molar-refractivity contribution in [2.45, 2.75) is 27.2 Å². The topological polar surface area (TPSA) is 70.4 Å². The fourth-order valence-electron chi connectivity index (χ4n) is 1.99. The van der Waals surface area contributed by atoms with Crippen LogP contribution in [0.4, 0.5) is 0 Å². The first-order chi connectivity index (χ1) is 11.3. The summed E-state index contributed by atoms with van der Waals surface area (Å²) in [6.07, 6.45) is 2.26. The molecule has 0 bridgehead atoms. The lowest BCUT2D eigenvalue weighted by molar-refractivity contribution is 0.0599. The van der Waals surface area contributed by atoms with Gasteiger partial charge in [0.05, 0.1) is 31.2 Å². The molecule has 0 aliphatic heterocycles. The van der Waals surface area contributed by atoms with E-state index in [1.807, 2.05) is 0 Å². The summed E-state index contributed by atoms with van der Waals surface area (Å²) in [4.78, 5) is 23.5. The number of hydrogen-bond acceptors (Lipinski definition) is 5. The van der Waals surface area contributed by atoms with E-state index >= 15 is 0 Å². The lowest BCUT2D eigenvalue weighted by Gasteiger charge is -2.18. The van der Waals surface area contributed by atoms with Gasteiger partial charge in [0.15, 0.2) is 0 Å². The highest BCUT2D eigenvalue weighted by Crippen LogP contribution is 2.20. The molecule has 0 saturated heterocycles. The van der Waals surface area contributed by atoms with Crippen molar-refractivity contribution in [1.82, 2.24) is 9.78 Å². The van der Waals surface area contributed by atoms with Crippen molar-refractivity contribution in [2.24, 2.45) is 5.41 Å². The molecule has 24 heavy (non-hydrogen) atoms. The van der Waals surface area contributed by atoms with Crippen LogP contribution in [0, 0.1) is 5.41 Å². The number of carbonyl (C=O) groups is 1. The van der Waals surface area contributed by atoms with E-state index in [0.717, 1.165) is 12.2 Å². The van der Waals surface area contributed by atoms with Crippen LogP contribution in [0.2, 0.25) is 0 Å². The number of methoxy groups -OCH3 is 1. The third-order valence-electron chi connectivity index (χ3n) is 3.42. The number of hydrogen-bond donors (Lipinski definition) is 0. The van der Waals surface area contributed by atoms with E-state index < -0.39 is 11.5 Å². The first-order valence-corrected chi connectivity index (χ1v) is 7.71. The van der Waals surface area contributed by atoms with Gasteiger partial charge in [-0.15, -0.1) is 0 Å². The number of benzene rings is 1. The number of nitrogens with zero attached hydrogens (tertiary/aromatic N) is 2. The van der Waals surface area contributed by atoms with Crippen molar-refractivity contribution < 1.29 is 14.3 Å². The minimum Gasteiger partial charge on any atom is -0.494 e. The standard InChI is InChI=1S/C18H22N2O4/c1-18(2,3)9-10-24-15-7-5-14(6-8-15)20-16(21)11-13(12-19-20)17(22)23-4/h5-8,11-12H,9-10H2,1-4H3. The molecule has 1 aromatic carbocycles. The lowest BCUT2D eigenvalue weighted by Crippen LogP contribution is -2.22. The van der Waals surface area contributed by atoms with E-state index in [4.69, 9.17) is 4.74 Å². The molecule has 1 heterocycles. The van der Waals surface area contributed by atoms with E-state index in [-0.39, 0.29) is 11.0 Å². The Morgan fingerprint density at radius 3 is 2.42 bits per heavy atom. The van der Waals surface area contributed by atoms with E-state index in [1.165, 1.54) is 24.1 Å². The molecule has 128 valence electrons. The zero-order valence-electron chi connectivity index (χ0n) is 14.4. The van der Waals surface area contributed by atoms with Crippen molar-refractivity contribution >= 4 is 5.97 Å². The molecule has 0 fully saturated rings. The molecule has 0 atom stereocenters. The Labute approximate surface area is 141 Å². The van der Waals surface area contributed by atoms with Crippen LogP contribution >= 0.6 is 0 Å². The van der Waals surface area contributed by atoms with Gasteiger partial charge in [-0.3, -0.25) is 4.79 Å². The molecular formula is C18H22N2O4. The van der Waals surface area contributed by atoms with Crippen molar-refractivity contribution in [3.63, 3.8) is 0 Å². The van der Waals surface area contributed by atoms with Gasteiger partial charge >= 0.3 is 5.97 Å². The van der Waals surface area contributed by atoms with Gasteiger partial charge in [-0.1, -0.05) is 20.8 Å². The van der Waals surface area contributed by atoms with E-state index in [1.54, 1.807) is 24.3 Å². The van der Waals surface area contributed by atoms with E-state index in [2.05, 4.69) is 30.6 Å². The van der Waals surface area contributed by atoms with Crippen LogP contribution in [-0.4, -0.2) is 29.5 Å². The Balaban J connectivity index is 2.11. The predicted molar refractivity (Wildman–Crippen MR) is 90.7 cm³/mol. The Hall–Kier alpha value is -2.63. The number of carbonyl (C=O) groups excluding carboxylic acids is 1. The third-order valence-corrected chi connectivity index (χ3v) is 3.42. The van der Waals surface area contributed by atoms with Gasteiger partial charge in [-0.05, 0) is 36.1 Å². The maximum Gasteiger partial charge on any atom is 0.339 e. The zero-order chi connectivity index (χ0) is 17.7. The minimum absolute atomic E-state index is 0.126. The van der Waals surface area contributed by atoms with Crippen LogP contribution in [0.1, 0.15) is 37.6 Å². The number of esters is 1. The predicted octanol–water partition coefficient (Wildman–Crippen LogP) is 2.83. The van der Waals surface area contributed by atoms with Crippen LogP contribution in [0.25, 0.3) is 5.69 Å². The summed E-state index contributed by atoms with van der Waals surface area (Å²) in [7, 11) is 1.26. The fourth-order valence-corrected chi connectivity index (χ4v) is 1.99. The molecule has 6 nitrogen and oxygen atoms in total. The average molecular weight is 330 g/mol. The summed E-state index contributed by atoms with van der Waals surface area (Å²) < 4.78 is 11.5. The molecule has 0 saturated carbocycles. The molecular weight excluding hydrogens is 308 g/mol. The zero-order valence-corrected chi connectivity index (χ0v) is 14.4. The maximum atomic E-state index is 12.1. The molecule has 2 aromatic rings. The lowest BCUT2D eigenvalue weighted by atomic mass is 9.93. The van der Waals surface area contributed by atoms with Gasteiger partial charge in [-0.25, -0.2) is 4.79 Å². The Morgan fingerprint density at radius 1 is 1.21 bits per heavy atom. The molecule has 0 aliphatic carbocycles. The highest BCUT2D eigenvalue weighted by molar-refractivity contribution is 5.88. The maximum absolute atomic E-state index is 12.1. The van der Waals surface area contributed by atoms with Crippen LogP contribution < -0.4 is 10.3 Å². The molecule has 0 unspecified atom stereocenters. The summed E-state index contributed by atoms with van der Waals surface area (Å²) >= 11 is 0. The molecule has 6 heteroatoms. The van der Waals surface area contributed by atoms with Crippen molar-refractivity contribution in [2.75, 3.05) is 13.7 Å². The molecule has 0 spiro atoms. The number of aromatic nitrogens is 2. The Kier molecular flexibility index (Phi) is 5.39. The smallest absolute Gasteiger partial charge is 0.339 e. The first kappa shape index (κ1) is 17.7. The van der Waals surface area contributed by atoms with Crippen molar-refractivity contribution in [3.05, 3.63) is 52.4 Å². The number of rotatable bonds is 5. The molecule has 0 N–H and O–H groups in total. The average Bonchev–Trinajstić information content (AvgIpc) is 2.53. The van der Waals surface area contributed by atoms with Gasteiger partial charge in [-0.2, -0.15) is 9.78 Å². The van der Waals surface area contributed by atoms with Gasteiger partial charge in [0.1, 0.15) is 5.75 Å². The van der Waals surface area contributed by atoms with Gasteiger partial charge < -0.3 is 9.47 Å². The normalized spacial score (nSPS) is 11.2. The van der Waals surface area contributed by atoms with Gasteiger partial charge in [0.2, 0.25) is 0 Å². The van der Waals surface area contributed by atoms with Crippen molar-refractivity contribution in [1.29, 1.82) is 0 Å². The Bertz CT molecular complexity index is 758. The summed E-state index contributed by atoms with van der Waals surface area (Å²) in [5.74, 6) is 0.150. The second-order valence-electron chi connectivity index (χ2n) is 6.64. The van der Waals surface area contributed by atoms with E-state index in [0.29, 0.717) is 12.3 Å². The molecule has 2 rings (SSSR count). The summed E-state index contributed by atoms with van der Waals surface area (Å²) in [5.41, 5.74) is 0.540. The van der Waals surface area contributed by atoms with Crippen LogP contribution in [0.5, 0.6) is 5.75 Å². The van der Waals surface area contributed by atoms with Crippen molar-refractivity contribution in [3.8, 4) is 11.4 Å². The van der Waals surface area contributed by atoms with Crippen LogP contribution in [0.15, 0.2) is 41.3 Å². The quantitative estimate of drug-likeness (QED) is 0.788. The van der Waals surface area contributed by atoms with Crippen LogP contribution in [0.3, 0.4) is 0 Å². The monoisotopic (exact) mass is 330 g/mol. The SMILES string of the molecule is COC(=O)c1cnn(-c2ccc(OCCC(C)(C)C)cc2)c(=O)c1. The van der Waals surface area contributed by atoms with Gasteiger partial charge in [0.25, 0.3) is 5.56 Å². The van der Waals surface area contributed by atoms with E-state index in [9.17, 15) is 9.59 Å². The Morgan fingerprint density at radius 2 is 1.88 bits per heavy atom. The summed E-state index contributed by atoms with van der Waals surface area (Å²) in [6, 6.07) is 8.28. The van der Waals surface area contributed by atoms with Crippen LogP contribution in [-0.2, 0) is 4.74 Å². The molecule has 0 amide bonds. The molecule has 1 aromatic heterocycles. The highest BCUT2D eigenvalue weighted by Gasteiger charge is 2.11. The second kappa shape index (κ2) is 7.29. The first-order valence-electron chi connectivity index (χ1n) is 7.71. The third kappa shape index (κ3) is 4.68.